The standard InChI is InChI=1S/C40H75NO10/c1-3-5-7-8-9-10-11-12-13-14-15-16-17-18-19-20-21-22-23-24-25-26-28-33(44)39(49)41-31(35(45)32(43)27-6-4-2)30-50-40-38(48)37(47)36(46)34(29-42)51-40/h15-16,18-19,31-38,40,42-48H,3-14,17,20-30H2,1-2H3,(H,41,49)/b16-15-,19-18-. The van der Waals surface area contributed by atoms with E-state index >= 15 is 0 Å². The molecule has 1 saturated heterocycles. The second kappa shape index (κ2) is 31.0. The van der Waals surface area contributed by atoms with Gasteiger partial charge in [-0.1, -0.05) is 134 Å². The summed E-state index contributed by atoms with van der Waals surface area (Å²) in [6, 6.07) is -1.17. The number of aliphatic hydroxyl groups excluding tert-OH is 7. The van der Waals surface area contributed by atoms with Crippen molar-refractivity contribution in [2.75, 3.05) is 13.2 Å². The van der Waals surface area contributed by atoms with E-state index in [1.54, 1.807) is 0 Å². The topological polar surface area (TPSA) is 189 Å². The lowest BCUT2D eigenvalue weighted by molar-refractivity contribution is -0.303. The first-order chi connectivity index (χ1) is 24.7. The Kier molecular flexibility index (Phi) is 28.9. The zero-order valence-corrected chi connectivity index (χ0v) is 31.8. The third kappa shape index (κ3) is 21.8. The van der Waals surface area contributed by atoms with Gasteiger partial charge in [-0.2, -0.15) is 0 Å². The summed E-state index contributed by atoms with van der Waals surface area (Å²) in [6.07, 6.45) is 21.0. The van der Waals surface area contributed by atoms with E-state index in [0.29, 0.717) is 12.8 Å². The van der Waals surface area contributed by atoms with Crippen molar-refractivity contribution in [3.05, 3.63) is 24.3 Å². The number of nitrogens with one attached hydrogen (secondary N) is 1. The Labute approximate surface area is 308 Å². The molecule has 11 nitrogen and oxygen atoms in total. The van der Waals surface area contributed by atoms with Gasteiger partial charge in [0, 0.05) is 0 Å². The van der Waals surface area contributed by atoms with Crippen LogP contribution in [-0.2, 0) is 14.3 Å². The normalized spacial score (nSPS) is 23.5. The zero-order chi connectivity index (χ0) is 37.7. The maximum atomic E-state index is 12.8. The van der Waals surface area contributed by atoms with Crippen molar-refractivity contribution in [2.45, 2.75) is 210 Å². The number of amides is 1. The predicted molar refractivity (Wildman–Crippen MR) is 201 cm³/mol. The Morgan fingerprint density at radius 3 is 1.76 bits per heavy atom. The van der Waals surface area contributed by atoms with E-state index in [4.69, 9.17) is 9.47 Å². The van der Waals surface area contributed by atoms with Gasteiger partial charge in [-0.3, -0.25) is 4.79 Å². The third-order valence-electron chi connectivity index (χ3n) is 9.76. The molecule has 0 bridgehead atoms. The summed E-state index contributed by atoms with van der Waals surface area (Å²) in [6.45, 7) is 3.13. The van der Waals surface area contributed by atoms with Gasteiger partial charge in [0.15, 0.2) is 6.29 Å². The minimum Gasteiger partial charge on any atom is -0.394 e. The minimum absolute atomic E-state index is 0.246. The second-order valence-electron chi connectivity index (χ2n) is 14.4. The smallest absolute Gasteiger partial charge is 0.249 e. The zero-order valence-electron chi connectivity index (χ0n) is 31.8. The van der Waals surface area contributed by atoms with Crippen LogP contribution in [0.15, 0.2) is 24.3 Å². The van der Waals surface area contributed by atoms with E-state index in [-0.39, 0.29) is 12.8 Å². The molecule has 0 aliphatic carbocycles. The lowest BCUT2D eigenvalue weighted by Gasteiger charge is -2.40. The van der Waals surface area contributed by atoms with Crippen molar-refractivity contribution in [3.63, 3.8) is 0 Å². The molecule has 0 spiro atoms. The molecule has 1 fully saturated rings. The number of hydrogen-bond acceptors (Lipinski definition) is 10. The molecule has 11 heteroatoms. The molecule has 1 aliphatic heterocycles. The summed E-state index contributed by atoms with van der Waals surface area (Å²) in [5.74, 6) is -0.718. The van der Waals surface area contributed by atoms with Crippen molar-refractivity contribution in [1.82, 2.24) is 5.32 Å². The largest absolute Gasteiger partial charge is 0.394 e. The van der Waals surface area contributed by atoms with Gasteiger partial charge in [-0.15, -0.1) is 0 Å². The fourth-order valence-electron chi connectivity index (χ4n) is 6.28. The van der Waals surface area contributed by atoms with E-state index in [2.05, 4.69) is 36.5 Å². The van der Waals surface area contributed by atoms with Gasteiger partial charge in [0.1, 0.15) is 36.6 Å². The molecule has 1 heterocycles. The Hall–Kier alpha value is -1.41. The van der Waals surface area contributed by atoms with Gasteiger partial charge in [-0.05, 0) is 44.9 Å². The molecule has 0 radical (unpaired) electrons. The average Bonchev–Trinajstić information content (AvgIpc) is 3.13. The van der Waals surface area contributed by atoms with Crippen molar-refractivity contribution < 1.29 is 50.0 Å². The van der Waals surface area contributed by atoms with E-state index in [0.717, 1.165) is 51.4 Å². The Morgan fingerprint density at radius 2 is 1.22 bits per heavy atom. The fourth-order valence-corrected chi connectivity index (χ4v) is 6.28. The molecule has 1 rings (SSSR count). The maximum Gasteiger partial charge on any atom is 0.249 e. The summed E-state index contributed by atoms with van der Waals surface area (Å²) in [5.41, 5.74) is 0. The van der Waals surface area contributed by atoms with Crippen LogP contribution < -0.4 is 5.32 Å². The van der Waals surface area contributed by atoms with Gasteiger partial charge in [0.05, 0.1) is 25.4 Å². The summed E-state index contributed by atoms with van der Waals surface area (Å²) in [4.78, 5) is 12.8. The number of aliphatic hydroxyl groups is 7. The van der Waals surface area contributed by atoms with Gasteiger partial charge in [0.25, 0.3) is 0 Å². The quantitative estimate of drug-likeness (QED) is 0.0342. The van der Waals surface area contributed by atoms with E-state index in [1.807, 2.05) is 6.92 Å². The maximum absolute atomic E-state index is 12.8. The Morgan fingerprint density at radius 1 is 0.686 bits per heavy atom. The number of hydrogen-bond donors (Lipinski definition) is 8. The molecule has 0 aromatic heterocycles. The van der Waals surface area contributed by atoms with Crippen molar-refractivity contribution >= 4 is 5.91 Å². The van der Waals surface area contributed by atoms with Gasteiger partial charge in [0.2, 0.25) is 5.91 Å². The lowest BCUT2D eigenvalue weighted by atomic mass is 9.99. The van der Waals surface area contributed by atoms with Crippen LogP contribution in [0.25, 0.3) is 0 Å². The first-order valence-electron chi connectivity index (χ1n) is 20.2. The summed E-state index contributed by atoms with van der Waals surface area (Å²) in [5, 5.41) is 74.1. The third-order valence-corrected chi connectivity index (χ3v) is 9.76. The highest BCUT2D eigenvalue weighted by atomic mass is 16.7. The highest BCUT2D eigenvalue weighted by Gasteiger charge is 2.44. The van der Waals surface area contributed by atoms with E-state index in [1.165, 1.54) is 64.2 Å². The number of rotatable bonds is 32. The molecule has 51 heavy (non-hydrogen) atoms. The average molecular weight is 730 g/mol. The molecule has 1 aliphatic rings. The fraction of sp³-hybridized carbons (Fsp3) is 0.875. The minimum atomic E-state index is -1.66. The first-order valence-corrected chi connectivity index (χ1v) is 20.2. The van der Waals surface area contributed by atoms with Gasteiger partial charge in [-0.25, -0.2) is 0 Å². The molecule has 0 aromatic carbocycles. The molecule has 300 valence electrons. The predicted octanol–water partition coefficient (Wildman–Crippen LogP) is 5.10. The van der Waals surface area contributed by atoms with Crippen LogP contribution in [0.4, 0.5) is 0 Å². The molecular formula is C40H75NO10. The molecule has 0 saturated carbocycles. The molecule has 9 atom stereocenters. The summed E-state index contributed by atoms with van der Waals surface area (Å²) < 4.78 is 10.9. The van der Waals surface area contributed by atoms with Crippen LogP contribution in [0, 0.1) is 0 Å². The van der Waals surface area contributed by atoms with Crippen LogP contribution in [-0.4, -0.2) is 110 Å². The lowest BCUT2D eigenvalue weighted by Crippen LogP contribution is -2.60. The van der Waals surface area contributed by atoms with Crippen LogP contribution in [0.5, 0.6) is 0 Å². The number of carbonyl (C=O) groups is 1. The van der Waals surface area contributed by atoms with Gasteiger partial charge >= 0.3 is 0 Å². The number of ether oxygens (including phenoxy) is 2. The molecule has 8 N–H and O–H groups in total. The molecular weight excluding hydrogens is 654 g/mol. The highest BCUT2D eigenvalue weighted by molar-refractivity contribution is 5.80. The van der Waals surface area contributed by atoms with Crippen LogP contribution in [0.2, 0.25) is 0 Å². The highest BCUT2D eigenvalue weighted by Crippen LogP contribution is 2.23. The van der Waals surface area contributed by atoms with E-state index < -0.39 is 74.2 Å². The van der Waals surface area contributed by atoms with Gasteiger partial charge < -0.3 is 50.5 Å². The number of unbranched alkanes of at least 4 members (excludes halogenated alkanes) is 16. The van der Waals surface area contributed by atoms with E-state index in [9.17, 15) is 40.5 Å². The molecule has 0 aromatic rings. The van der Waals surface area contributed by atoms with Crippen molar-refractivity contribution in [1.29, 1.82) is 0 Å². The van der Waals surface area contributed by atoms with Crippen LogP contribution in [0.1, 0.15) is 155 Å². The van der Waals surface area contributed by atoms with Crippen LogP contribution >= 0.6 is 0 Å². The number of carbonyl (C=O) groups excluding carboxylic acids is 1. The molecule has 1 amide bonds. The Bertz CT molecular complexity index is 887. The van der Waals surface area contributed by atoms with Crippen LogP contribution in [0.3, 0.4) is 0 Å². The van der Waals surface area contributed by atoms with Crippen molar-refractivity contribution in [3.8, 4) is 0 Å². The summed E-state index contributed by atoms with van der Waals surface area (Å²) >= 11 is 0. The summed E-state index contributed by atoms with van der Waals surface area (Å²) in [7, 11) is 0. The SMILES string of the molecule is CCCCCCCCCCC/C=C\C/C=C\CCCCCCCCC(O)C(=O)NC(COC1OC(CO)C(O)C(O)C1O)C(O)C(O)CCCC. The number of allylic oxidation sites excluding steroid dienone is 4. The first kappa shape index (κ1) is 47.6. The second-order valence-corrected chi connectivity index (χ2v) is 14.4. The molecule has 9 unspecified atom stereocenters. The monoisotopic (exact) mass is 730 g/mol. The Balaban J connectivity index is 2.26. The van der Waals surface area contributed by atoms with Crippen molar-refractivity contribution in [2.24, 2.45) is 0 Å².